The van der Waals surface area contributed by atoms with Crippen LogP contribution in [0.25, 0.3) is 5.76 Å². The number of benzene rings is 1. The fraction of sp³-hybridized carbons (Fsp3) is 0.250. The first-order valence-corrected chi connectivity index (χ1v) is 6.80. The van der Waals surface area contributed by atoms with E-state index in [2.05, 4.69) is 5.32 Å². The van der Waals surface area contributed by atoms with Crippen LogP contribution < -0.4 is 5.32 Å². The minimum absolute atomic E-state index is 0.330. The molecule has 23 heavy (non-hydrogen) atoms. The van der Waals surface area contributed by atoms with Crippen LogP contribution in [-0.4, -0.2) is 34.4 Å². The molecule has 0 radical (unpaired) electrons. The molecule has 0 saturated carbocycles. The predicted molar refractivity (Wildman–Crippen MR) is 79.5 cm³/mol. The number of fused-ring (bicyclic) bond motifs is 1. The maximum absolute atomic E-state index is 12.4. The molecule has 1 aliphatic carbocycles. The number of aliphatic hydroxyl groups excluding tert-OH is 1. The molecule has 0 aliphatic heterocycles. The van der Waals surface area contributed by atoms with Crippen molar-refractivity contribution >= 4 is 23.4 Å². The average molecular weight is 314 g/mol. The Hall–Kier alpha value is -3.14. The number of aliphatic hydroxyl groups is 1. The summed E-state index contributed by atoms with van der Waals surface area (Å²) >= 11 is 0. The maximum Gasteiger partial charge on any atom is 0.322 e. The third-order valence-corrected chi connectivity index (χ3v) is 3.70. The number of amides is 1. The van der Waals surface area contributed by atoms with E-state index in [-0.39, 0.29) is 0 Å². The smallest absolute Gasteiger partial charge is 0.322 e. The highest BCUT2D eigenvalue weighted by molar-refractivity contribution is 6.27. The van der Waals surface area contributed by atoms with Crippen molar-refractivity contribution in [2.45, 2.75) is 19.8 Å². The quantitative estimate of drug-likeness (QED) is 0.715. The van der Waals surface area contributed by atoms with Gasteiger partial charge < -0.3 is 15.5 Å². The molecule has 1 aromatic carbocycles. The molecule has 0 bridgehead atoms. The number of nitrogens with zero attached hydrogens (tertiary/aromatic N) is 1. The van der Waals surface area contributed by atoms with Gasteiger partial charge in [-0.3, -0.25) is 14.4 Å². The van der Waals surface area contributed by atoms with Crippen molar-refractivity contribution in [3.8, 4) is 6.07 Å². The number of carbonyl (C=O) groups excluding carboxylic acids is 2. The lowest BCUT2D eigenvalue weighted by molar-refractivity contribution is -0.137. The van der Waals surface area contributed by atoms with E-state index in [4.69, 9.17) is 10.4 Å². The van der Waals surface area contributed by atoms with Gasteiger partial charge in [-0.15, -0.1) is 0 Å². The molecule has 0 saturated heterocycles. The van der Waals surface area contributed by atoms with Crippen LogP contribution in [0.4, 0.5) is 0 Å². The number of rotatable bonds is 3. The monoisotopic (exact) mass is 314 g/mol. The number of hydrogen-bond acceptors (Lipinski definition) is 5. The van der Waals surface area contributed by atoms with Crippen molar-refractivity contribution < 1.29 is 24.6 Å². The summed E-state index contributed by atoms with van der Waals surface area (Å²) in [6.07, 6.45) is 0. The van der Waals surface area contributed by atoms with Crippen molar-refractivity contribution in [1.29, 1.82) is 5.26 Å². The summed E-state index contributed by atoms with van der Waals surface area (Å²) in [5, 5.41) is 30.0. The first kappa shape index (κ1) is 16.2. The Morgan fingerprint density at radius 1 is 1.39 bits per heavy atom. The van der Waals surface area contributed by atoms with Crippen LogP contribution in [0, 0.1) is 18.3 Å². The molecular formula is C16H14N2O5. The number of Topliss-reactive ketones (excluding diaryl/α,β-unsaturated/α-hetero) is 1. The number of ketones is 1. The molecule has 3 N–H and O–H groups in total. The SMILES string of the molecule is Cc1cc(C#N)cc2c1C(O)=C(C(=O)NCC(=O)O)C(=O)C2C. The number of hydrogen-bond donors (Lipinski definition) is 3. The van der Waals surface area contributed by atoms with E-state index in [1.54, 1.807) is 19.9 Å². The van der Waals surface area contributed by atoms with Gasteiger partial charge in [-0.25, -0.2) is 0 Å². The molecule has 7 nitrogen and oxygen atoms in total. The number of nitrogens with one attached hydrogen (secondary N) is 1. The minimum atomic E-state index is -1.26. The van der Waals surface area contributed by atoms with E-state index in [0.29, 0.717) is 22.3 Å². The minimum Gasteiger partial charge on any atom is -0.506 e. The fourth-order valence-electron chi connectivity index (χ4n) is 2.61. The molecule has 1 aromatic rings. The Balaban J connectivity index is 2.59. The highest BCUT2D eigenvalue weighted by atomic mass is 16.4. The van der Waals surface area contributed by atoms with Crippen LogP contribution in [-0.2, 0) is 14.4 Å². The lowest BCUT2D eigenvalue weighted by Gasteiger charge is -2.25. The second-order valence-electron chi connectivity index (χ2n) is 5.26. The van der Waals surface area contributed by atoms with E-state index >= 15 is 0 Å². The molecule has 1 amide bonds. The van der Waals surface area contributed by atoms with Crippen molar-refractivity contribution in [1.82, 2.24) is 5.32 Å². The summed E-state index contributed by atoms with van der Waals surface area (Å²) in [6, 6.07) is 5.03. The zero-order valence-electron chi connectivity index (χ0n) is 12.5. The lowest BCUT2D eigenvalue weighted by atomic mass is 9.79. The molecule has 1 aliphatic rings. The second kappa shape index (κ2) is 5.93. The molecule has 0 heterocycles. The van der Waals surface area contributed by atoms with Gasteiger partial charge in [0.25, 0.3) is 5.91 Å². The molecule has 0 fully saturated rings. The van der Waals surface area contributed by atoms with Gasteiger partial charge in [-0.1, -0.05) is 6.92 Å². The lowest BCUT2D eigenvalue weighted by Crippen LogP contribution is -2.36. The van der Waals surface area contributed by atoms with Gasteiger partial charge in [0.15, 0.2) is 5.78 Å². The van der Waals surface area contributed by atoms with Crippen LogP contribution in [0.3, 0.4) is 0 Å². The van der Waals surface area contributed by atoms with Gasteiger partial charge in [-0.2, -0.15) is 5.26 Å². The van der Waals surface area contributed by atoms with Gasteiger partial charge in [0.2, 0.25) is 0 Å². The van der Waals surface area contributed by atoms with Crippen molar-refractivity contribution in [3.05, 3.63) is 40.0 Å². The second-order valence-corrected chi connectivity index (χ2v) is 5.26. The number of carboxylic acids is 1. The Kier molecular flexibility index (Phi) is 4.18. The molecule has 2 rings (SSSR count). The van der Waals surface area contributed by atoms with Gasteiger partial charge in [0, 0.05) is 11.5 Å². The zero-order chi connectivity index (χ0) is 17.3. The molecule has 0 spiro atoms. The summed E-state index contributed by atoms with van der Waals surface area (Å²) in [5.41, 5.74) is 1.25. The van der Waals surface area contributed by atoms with Gasteiger partial charge >= 0.3 is 5.97 Å². The summed E-state index contributed by atoms with van der Waals surface area (Å²) in [5.74, 6) is -4.03. The number of aryl methyl sites for hydroxylation is 1. The summed E-state index contributed by atoms with van der Waals surface area (Å²) in [4.78, 5) is 35.0. The molecule has 118 valence electrons. The number of carbonyl (C=O) groups is 3. The van der Waals surface area contributed by atoms with Crippen LogP contribution in [0.15, 0.2) is 17.7 Å². The Bertz CT molecular complexity index is 801. The maximum atomic E-state index is 12.4. The van der Waals surface area contributed by atoms with Crippen molar-refractivity contribution in [2.75, 3.05) is 6.54 Å². The number of aliphatic carboxylic acids is 1. The molecule has 0 aromatic heterocycles. The van der Waals surface area contributed by atoms with E-state index in [1.165, 1.54) is 6.07 Å². The van der Waals surface area contributed by atoms with Crippen LogP contribution in [0.1, 0.15) is 35.1 Å². The average Bonchev–Trinajstić information content (AvgIpc) is 2.49. The van der Waals surface area contributed by atoms with E-state index in [9.17, 15) is 19.5 Å². The fourth-order valence-corrected chi connectivity index (χ4v) is 2.61. The Labute approximate surface area is 131 Å². The van der Waals surface area contributed by atoms with Crippen molar-refractivity contribution in [3.63, 3.8) is 0 Å². The van der Waals surface area contributed by atoms with Gasteiger partial charge in [0.05, 0.1) is 11.6 Å². The summed E-state index contributed by atoms with van der Waals surface area (Å²) in [6.45, 7) is 2.57. The molecular weight excluding hydrogens is 300 g/mol. The van der Waals surface area contributed by atoms with E-state index in [1.807, 2.05) is 6.07 Å². The molecule has 1 atom stereocenters. The highest BCUT2D eigenvalue weighted by Gasteiger charge is 2.36. The largest absolute Gasteiger partial charge is 0.506 e. The standard InChI is InChI=1S/C16H14N2O5/c1-7-3-9(5-17)4-10-8(2)14(21)13(15(22)12(7)10)16(23)18-6-11(19)20/h3-4,8,22H,6H2,1-2H3,(H,18,23)(H,19,20). The van der Waals surface area contributed by atoms with E-state index < -0.39 is 41.5 Å². The van der Waals surface area contributed by atoms with Gasteiger partial charge in [0.1, 0.15) is 17.9 Å². The summed E-state index contributed by atoms with van der Waals surface area (Å²) < 4.78 is 0. The Morgan fingerprint density at radius 2 is 2.04 bits per heavy atom. The zero-order valence-corrected chi connectivity index (χ0v) is 12.5. The third kappa shape index (κ3) is 2.79. The predicted octanol–water partition coefficient (Wildman–Crippen LogP) is 1.02. The third-order valence-electron chi connectivity index (χ3n) is 3.70. The van der Waals surface area contributed by atoms with Crippen LogP contribution in [0.5, 0.6) is 0 Å². The number of carboxylic acid groups (broad SMARTS) is 1. The first-order chi connectivity index (χ1) is 10.8. The van der Waals surface area contributed by atoms with Crippen molar-refractivity contribution in [2.24, 2.45) is 0 Å². The number of nitriles is 1. The molecule has 7 heteroatoms. The highest BCUT2D eigenvalue weighted by Crippen LogP contribution is 2.37. The van der Waals surface area contributed by atoms with Crippen LogP contribution >= 0.6 is 0 Å². The van der Waals surface area contributed by atoms with E-state index in [0.717, 1.165) is 0 Å². The first-order valence-electron chi connectivity index (χ1n) is 6.80. The molecule has 1 unspecified atom stereocenters. The summed E-state index contributed by atoms with van der Waals surface area (Å²) in [7, 11) is 0. The van der Waals surface area contributed by atoms with Crippen LogP contribution in [0.2, 0.25) is 0 Å². The topological polar surface area (TPSA) is 127 Å². The normalized spacial score (nSPS) is 16.6. The Morgan fingerprint density at radius 3 is 2.61 bits per heavy atom. The van der Waals surface area contributed by atoms with Gasteiger partial charge in [-0.05, 0) is 30.2 Å².